The Bertz CT molecular complexity index is 1580. The molecule has 1 unspecified atom stereocenters. The number of aromatic nitrogens is 3. The van der Waals surface area contributed by atoms with E-state index in [1.165, 1.54) is 0 Å². The molecule has 0 radical (unpaired) electrons. The summed E-state index contributed by atoms with van der Waals surface area (Å²) in [6, 6.07) is 8.39. The number of esters is 1. The Hall–Kier alpha value is -3.81. The van der Waals surface area contributed by atoms with Crippen LogP contribution in [0.4, 0.5) is 0 Å². The number of H-pyrrole nitrogens is 1. The van der Waals surface area contributed by atoms with Crippen molar-refractivity contribution in [2.45, 2.75) is 85.4 Å². The number of benzene rings is 2. The number of carboxylic acid groups (broad SMARTS) is 1. The average Bonchev–Trinajstić information content (AvgIpc) is 3.35. The smallest absolute Gasteiger partial charge is 0.338 e. The number of fused-ring (bicyclic) bond motifs is 2. The molecule has 2 N–H and O–H groups in total. The molecule has 2 heterocycles. The zero-order valence-electron chi connectivity index (χ0n) is 23.2. The number of hydrogen-bond acceptors (Lipinski definition) is 4. The van der Waals surface area contributed by atoms with E-state index in [0.717, 1.165) is 27.6 Å². The summed E-state index contributed by atoms with van der Waals surface area (Å²) in [5.41, 5.74) is 4.74. The van der Waals surface area contributed by atoms with Gasteiger partial charge in [-0.05, 0) is 83.4 Å². The molecule has 0 amide bonds. The maximum Gasteiger partial charge on any atom is 0.338 e. The van der Waals surface area contributed by atoms with Gasteiger partial charge >= 0.3 is 17.6 Å². The number of aromatic amines is 1. The third kappa shape index (κ3) is 5.12. The second-order valence-corrected chi connectivity index (χ2v) is 11.2. The molecular weight excluding hydrogens is 482 g/mol. The Morgan fingerprint density at radius 3 is 2.42 bits per heavy atom. The number of imidazole rings is 1. The molecule has 0 saturated carbocycles. The second-order valence-electron chi connectivity index (χ2n) is 11.2. The van der Waals surface area contributed by atoms with E-state index in [4.69, 9.17) is 4.74 Å². The van der Waals surface area contributed by atoms with Crippen LogP contribution in [-0.4, -0.2) is 36.8 Å². The number of rotatable bonds is 8. The first-order valence-corrected chi connectivity index (χ1v) is 13.1. The highest BCUT2D eigenvalue weighted by molar-refractivity contribution is 5.94. The van der Waals surface area contributed by atoms with Crippen LogP contribution < -0.4 is 5.69 Å². The van der Waals surface area contributed by atoms with E-state index >= 15 is 0 Å². The Balaban J connectivity index is 1.97. The van der Waals surface area contributed by atoms with Crippen molar-refractivity contribution >= 4 is 33.9 Å². The lowest BCUT2D eigenvalue weighted by atomic mass is 10.0. The topological polar surface area (TPSA) is 106 Å². The largest absolute Gasteiger partial charge is 0.481 e. The third-order valence-corrected chi connectivity index (χ3v) is 6.93. The summed E-state index contributed by atoms with van der Waals surface area (Å²) < 4.78 is 8.84. The summed E-state index contributed by atoms with van der Waals surface area (Å²) in [4.78, 5) is 42.1. The van der Waals surface area contributed by atoms with Gasteiger partial charge in [0.1, 0.15) is 5.60 Å². The fourth-order valence-corrected chi connectivity index (χ4v) is 5.45. The second kappa shape index (κ2) is 10.2. The highest BCUT2D eigenvalue weighted by Crippen LogP contribution is 2.33. The number of ether oxygens (including phenoxy) is 1. The molecule has 2 aromatic carbocycles. The predicted molar refractivity (Wildman–Crippen MR) is 149 cm³/mol. The fraction of sp³-hybridized carbons (Fsp3) is 0.433. The average molecular weight is 520 g/mol. The summed E-state index contributed by atoms with van der Waals surface area (Å²) in [7, 11) is 0. The molecule has 0 spiro atoms. The molecule has 8 heteroatoms. The van der Waals surface area contributed by atoms with E-state index in [-0.39, 0.29) is 18.2 Å². The first-order chi connectivity index (χ1) is 17.8. The van der Waals surface area contributed by atoms with Crippen LogP contribution in [0.25, 0.3) is 21.9 Å². The Labute approximate surface area is 222 Å². The lowest BCUT2D eigenvalue weighted by molar-refractivity contribution is -0.137. The minimum Gasteiger partial charge on any atom is -0.481 e. The zero-order valence-corrected chi connectivity index (χ0v) is 23.2. The standard InChI is InChI=1S/C30H37N3O5/c1-8-9-21(15-26(34)35)33-25-14-20(28(36)38-30(5,6)7)10-11-24(25)32(29(33)37)19(4)22-16-31-23-13-17(2)12-18(3)27(22)23/h10-14,16,19,21,31H,8-9,15H2,1-7H3,(H,34,35)/t19?,21-/m0/s1. The fourth-order valence-electron chi connectivity index (χ4n) is 5.45. The highest BCUT2D eigenvalue weighted by atomic mass is 16.6. The number of carboxylic acids is 1. The summed E-state index contributed by atoms with van der Waals surface area (Å²) in [6.07, 6.45) is 2.97. The Kier molecular flexibility index (Phi) is 7.28. The van der Waals surface area contributed by atoms with Gasteiger partial charge in [0.2, 0.25) is 0 Å². The number of aryl methyl sites for hydroxylation is 2. The monoisotopic (exact) mass is 519 g/mol. The third-order valence-electron chi connectivity index (χ3n) is 6.93. The van der Waals surface area contributed by atoms with Crippen molar-refractivity contribution < 1.29 is 19.4 Å². The highest BCUT2D eigenvalue weighted by Gasteiger charge is 2.27. The number of carbonyl (C=O) groups excluding carboxylic acids is 1. The summed E-state index contributed by atoms with van der Waals surface area (Å²) in [6.45, 7) is 13.4. The van der Waals surface area contributed by atoms with E-state index in [2.05, 4.69) is 24.0 Å². The molecule has 38 heavy (non-hydrogen) atoms. The van der Waals surface area contributed by atoms with Crippen molar-refractivity contribution in [1.82, 2.24) is 14.1 Å². The van der Waals surface area contributed by atoms with Gasteiger partial charge in [-0.3, -0.25) is 13.9 Å². The predicted octanol–water partition coefficient (Wildman–Crippen LogP) is 6.28. The molecule has 0 saturated heterocycles. The maximum atomic E-state index is 14.1. The molecule has 2 atom stereocenters. The number of hydrogen-bond donors (Lipinski definition) is 2. The number of nitrogens with zero attached hydrogens (tertiary/aromatic N) is 2. The van der Waals surface area contributed by atoms with Gasteiger partial charge in [0, 0.05) is 28.7 Å². The van der Waals surface area contributed by atoms with Crippen LogP contribution in [0.3, 0.4) is 0 Å². The molecule has 4 aromatic rings. The van der Waals surface area contributed by atoms with Gasteiger partial charge in [-0.15, -0.1) is 0 Å². The van der Waals surface area contributed by atoms with E-state index in [0.29, 0.717) is 29.4 Å². The van der Waals surface area contributed by atoms with Crippen LogP contribution in [0, 0.1) is 13.8 Å². The summed E-state index contributed by atoms with van der Waals surface area (Å²) in [5.74, 6) is -1.47. The molecule has 0 fully saturated rings. The Morgan fingerprint density at radius 1 is 1.08 bits per heavy atom. The molecule has 0 aliphatic rings. The minimum absolute atomic E-state index is 0.191. The zero-order chi connectivity index (χ0) is 27.9. The lowest BCUT2D eigenvalue weighted by Gasteiger charge is -2.20. The summed E-state index contributed by atoms with van der Waals surface area (Å²) >= 11 is 0. The van der Waals surface area contributed by atoms with Gasteiger partial charge < -0.3 is 14.8 Å². The van der Waals surface area contributed by atoms with Crippen LogP contribution in [0.1, 0.15) is 93.0 Å². The van der Waals surface area contributed by atoms with E-state index < -0.39 is 23.6 Å². The van der Waals surface area contributed by atoms with E-state index in [9.17, 15) is 19.5 Å². The van der Waals surface area contributed by atoms with Crippen LogP contribution in [0.15, 0.2) is 41.3 Å². The lowest BCUT2D eigenvalue weighted by Crippen LogP contribution is -2.30. The molecule has 2 aromatic heterocycles. The molecule has 8 nitrogen and oxygen atoms in total. The van der Waals surface area contributed by atoms with Gasteiger partial charge in [0.25, 0.3) is 0 Å². The molecule has 0 aliphatic carbocycles. The minimum atomic E-state index is -0.977. The van der Waals surface area contributed by atoms with Gasteiger partial charge in [0.15, 0.2) is 0 Å². The van der Waals surface area contributed by atoms with Crippen LogP contribution in [0.5, 0.6) is 0 Å². The SMILES string of the molecule is CCC[C@@H](CC(=O)O)n1c(=O)n(C(C)c2c[nH]c3cc(C)cc(C)c23)c2ccc(C(=O)OC(C)(C)C)cc21. The van der Waals surface area contributed by atoms with E-state index in [1.54, 1.807) is 48.1 Å². The van der Waals surface area contributed by atoms with Crippen molar-refractivity contribution in [1.29, 1.82) is 0 Å². The van der Waals surface area contributed by atoms with Crippen molar-refractivity contribution in [3.63, 3.8) is 0 Å². The molecule has 0 aliphatic heterocycles. The number of carbonyl (C=O) groups is 2. The van der Waals surface area contributed by atoms with E-state index in [1.807, 2.05) is 27.0 Å². The first kappa shape index (κ1) is 27.2. The van der Waals surface area contributed by atoms with Crippen molar-refractivity contribution in [2.24, 2.45) is 0 Å². The quantitative estimate of drug-likeness (QED) is 0.266. The normalized spacial score (nSPS) is 13.7. The van der Waals surface area contributed by atoms with Crippen molar-refractivity contribution in [3.8, 4) is 0 Å². The van der Waals surface area contributed by atoms with Crippen LogP contribution in [-0.2, 0) is 9.53 Å². The first-order valence-electron chi connectivity index (χ1n) is 13.1. The number of nitrogens with one attached hydrogen (secondary N) is 1. The summed E-state index contributed by atoms with van der Waals surface area (Å²) in [5, 5.41) is 10.7. The van der Waals surface area contributed by atoms with Gasteiger partial charge in [-0.2, -0.15) is 0 Å². The molecule has 0 bridgehead atoms. The van der Waals surface area contributed by atoms with Gasteiger partial charge in [-0.25, -0.2) is 9.59 Å². The molecule has 202 valence electrons. The van der Waals surface area contributed by atoms with Crippen molar-refractivity contribution in [3.05, 3.63) is 69.3 Å². The maximum absolute atomic E-state index is 14.1. The molecular formula is C30H37N3O5. The molecule has 4 rings (SSSR count). The van der Waals surface area contributed by atoms with Crippen molar-refractivity contribution in [2.75, 3.05) is 0 Å². The number of aliphatic carboxylic acids is 1. The Morgan fingerprint density at radius 2 is 1.79 bits per heavy atom. The van der Waals surface area contributed by atoms with Crippen LogP contribution in [0.2, 0.25) is 0 Å². The van der Waals surface area contributed by atoms with Gasteiger partial charge in [0.05, 0.1) is 29.1 Å². The van der Waals surface area contributed by atoms with Crippen LogP contribution >= 0.6 is 0 Å². The van der Waals surface area contributed by atoms with Gasteiger partial charge in [-0.1, -0.05) is 19.4 Å².